The van der Waals surface area contributed by atoms with Crippen LogP contribution < -0.4 is 0 Å². The highest BCUT2D eigenvalue weighted by Gasteiger charge is 2.36. The van der Waals surface area contributed by atoms with Gasteiger partial charge in [0.15, 0.2) is 6.73 Å². The molecule has 0 aromatic rings. The number of carbonyl (C=O) groups is 2. The summed E-state index contributed by atoms with van der Waals surface area (Å²) in [7, 11) is 0. The Bertz CT molecular complexity index is 251. The number of ether oxygens (including phenoxy) is 1. The lowest BCUT2D eigenvalue weighted by Crippen LogP contribution is -2.37. The molecule has 1 atom stereocenters. The van der Waals surface area contributed by atoms with Crippen LogP contribution in [0.3, 0.4) is 0 Å². The average molecular weight is 199 g/mol. The van der Waals surface area contributed by atoms with Crippen molar-refractivity contribution in [3.8, 4) is 0 Å². The van der Waals surface area contributed by atoms with Gasteiger partial charge in [0.1, 0.15) is 6.04 Å². The normalized spacial score (nSPS) is 20.7. The van der Waals surface area contributed by atoms with E-state index in [1.807, 2.05) is 0 Å². The predicted molar refractivity (Wildman–Crippen MR) is 48.7 cm³/mol. The van der Waals surface area contributed by atoms with Crippen LogP contribution in [0.2, 0.25) is 0 Å². The molecular formula is C9H13NO4. The van der Waals surface area contributed by atoms with E-state index in [-0.39, 0.29) is 6.73 Å². The third-order valence-corrected chi connectivity index (χ3v) is 2.13. The molecule has 0 spiro atoms. The van der Waals surface area contributed by atoms with Crippen molar-refractivity contribution >= 4 is 12.1 Å². The third-order valence-electron chi connectivity index (χ3n) is 2.13. The zero-order valence-corrected chi connectivity index (χ0v) is 7.81. The number of rotatable bonds is 4. The Hall–Kier alpha value is -1.52. The van der Waals surface area contributed by atoms with Gasteiger partial charge in [-0.2, -0.15) is 0 Å². The number of nitrogens with zero attached hydrogens (tertiary/aromatic N) is 1. The van der Waals surface area contributed by atoms with E-state index >= 15 is 0 Å². The second-order valence-electron chi connectivity index (χ2n) is 3.08. The predicted octanol–water partition coefficient (Wildman–Crippen LogP) is 1.21. The molecule has 1 N–H and O–H groups in total. The largest absolute Gasteiger partial charge is 0.465 e. The monoisotopic (exact) mass is 199 g/mol. The number of hydrogen-bond acceptors (Lipinski definition) is 3. The van der Waals surface area contributed by atoms with Crippen molar-refractivity contribution in [2.75, 3.05) is 6.73 Å². The molecule has 5 heteroatoms. The molecule has 1 aliphatic rings. The average Bonchev–Trinajstić information content (AvgIpc) is 2.48. The van der Waals surface area contributed by atoms with Gasteiger partial charge in [0.2, 0.25) is 0 Å². The summed E-state index contributed by atoms with van der Waals surface area (Å²) in [5, 5.41) is 8.73. The molecule has 0 aromatic heterocycles. The van der Waals surface area contributed by atoms with Crippen LogP contribution in [0.25, 0.3) is 0 Å². The Morgan fingerprint density at radius 2 is 2.50 bits per heavy atom. The summed E-state index contributed by atoms with van der Waals surface area (Å²) in [5.74, 6) is -0.448. The van der Waals surface area contributed by atoms with Crippen molar-refractivity contribution in [3.05, 3.63) is 12.7 Å². The first-order valence-electron chi connectivity index (χ1n) is 4.44. The Morgan fingerprint density at radius 1 is 1.79 bits per heavy atom. The first-order valence-corrected chi connectivity index (χ1v) is 4.44. The number of carbonyl (C=O) groups excluding carboxylic acids is 1. The van der Waals surface area contributed by atoms with Crippen LogP contribution in [0, 0.1) is 0 Å². The first kappa shape index (κ1) is 10.6. The van der Waals surface area contributed by atoms with Gasteiger partial charge in [-0.1, -0.05) is 6.08 Å². The fraction of sp³-hybridized carbons (Fsp3) is 0.556. The highest BCUT2D eigenvalue weighted by Crippen LogP contribution is 2.17. The van der Waals surface area contributed by atoms with Gasteiger partial charge >= 0.3 is 12.1 Å². The highest BCUT2D eigenvalue weighted by atomic mass is 16.6. The van der Waals surface area contributed by atoms with E-state index < -0.39 is 18.1 Å². The Kier molecular flexibility index (Phi) is 3.50. The van der Waals surface area contributed by atoms with Crippen molar-refractivity contribution < 1.29 is 19.4 Å². The molecule has 1 unspecified atom stereocenters. The molecule has 1 amide bonds. The van der Waals surface area contributed by atoms with E-state index in [4.69, 9.17) is 5.11 Å². The summed E-state index contributed by atoms with van der Waals surface area (Å²) in [6.07, 6.45) is 2.65. The topological polar surface area (TPSA) is 66.8 Å². The van der Waals surface area contributed by atoms with E-state index in [1.54, 1.807) is 6.08 Å². The molecule has 0 bridgehead atoms. The van der Waals surface area contributed by atoms with E-state index in [1.165, 1.54) is 0 Å². The molecule has 78 valence electrons. The number of cyclic esters (lactones) is 1. The minimum Gasteiger partial charge on any atom is -0.465 e. The van der Waals surface area contributed by atoms with E-state index in [2.05, 4.69) is 11.3 Å². The van der Waals surface area contributed by atoms with Crippen molar-refractivity contribution in [1.82, 2.24) is 4.90 Å². The number of esters is 1. The summed E-state index contributed by atoms with van der Waals surface area (Å²) in [5.41, 5.74) is 0. The number of hydrogen-bond donors (Lipinski definition) is 1. The number of carboxylic acid groups (broad SMARTS) is 1. The van der Waals surface area contributed by atoms with Gasteiger partial charge in [-0.05, 0) is 19.3 Å². The Labute approximate surface area is 82.0 Å². The molecule has 14 heavy (non-hydrogen) atoms. The van der Waals surface area contributed by atoms with Gasteiger partial charge in [0.05, 0.1) is 0 Å². The van der Waals surface area contributed by atoms with Gasteiger partial charge in [-0.15, -0.1) is 6.58 Å². The second-order valence-corrected chi connectivity index (χ2v) is 3.08. The Morgan fingerprint density at radius 3 is 3.07 bits per heavy atom. The lowest BCUT2D eigenvalue weighted by Gasteiger charge is -2.15. The summed E-state index contributed by atoms with van der Waals surface area (Å²) in [4.78, 5) is 22.8. The standard InChI is InChI=1S/C9H13NO4/c1-2-3-4-5-7-8(11)14-6-10(7)9(12)13/h2,7H,1,3-6H2,(H,12,13). The van der Waals surface area contributed by atoms with Crippen LogP contribution in [0.4, 0.5) is 4.79 Å². The zero-order chi connectivity index (χ0) is 10.6. The third kappa shape index (κ3) is 2.25. The number of amides is 1. The van der Waals surface area contributed by atoms with Crippen LogP contribution in [-0.4, -0.2) is 34.8 Å². The lowest BCUT2D eigenvalue weighted by molar-refractivity contribution is -0.139. The smallest absolute Gasteiger partial charge is 0.410 e. The lowest BCUT2D eigenvalue weighted by atomic mass is 10.1. The highest BCUT2D eigenvalue weighted by molar-refractivity contribution is 5.83. The van der Waals surface area contributed by atoms with Crippen LogP contribution in [0.15, 0.2) is 12.7 Å². The summed E-state index contributed by atoms with van der Waals surface area (Å²) < 4.78 is 4.65. The van der Waals surface area contributed by atoms with Crippen molar-refractivity contribution in [3.63, 3.8) is 0 Å². The van der Waals surface area contributed by atoms with Crippen molar-refractivity contribution in [2.45, 2.75) is 25.3 Å². The van der Waals surface area contributed by atoms with Crippen LogP contribution >= 0.6 is 0 Å². The fourth-order valence-electron chi connectivity index (χ4n) is 1.36. The first-order chi connectivity index (χ1) is 6.66. The second kappa shape index (κ2) is 4.64. The molecular weight excluding hydrogens is 186 g/mol. The van der Waals surface area contributed by atoms with Gasteiger partial charge < -0.3 is 9.84 Å². The molecule has 0 saturated carbocycles. The van der Waals surface area contributed by atoms with Gasteiger partial charge in [-0.3, -0.25) is 4.90 Å². The minimum absolute atomic E-state index is 0.146. The molecule has 1 saturated heterocycles. The van der Waals surface area contributed by atoms with Crippen LogP contribution in [0.5, 0.6) is 0 Å². The molecule has 0 aliphatic carbocycles. The van der Waals surface area contributed by atoms with E-state index in [9.17, 15) is 9.59 Å². The Balaban J connectivity index is 2.49. The quantitative estimate of drug-likeness (QED) is 0.419. The molecule has 1 fully saturated rings. The van der Waals surface area contributed by atoms with Crippen LogP contribution in [0.1, 0.15) is 19.3 Å². The SMILES string of the molecule is C=CCCCC1C(=O)OCN1C(=O)O. The van der Waals surface area contributed by atoms with Crippen LogP contribution in [-0.2, 0) is 9.53 Å². The molecule has 5 nitrogen and oxygen atoms in total. The molecule has 1 aliphatic heterocycles. The van der Waals surface area contributed by atoms with Crippen molar-refractivity contribution in [1.29, 1.82) is 0 Å². The zero-order valence-electron chi connectivity index (χ0n) is 7.81. The summed E-state index contributed by atoms with van der Waals surface area (Å²) in [6, 6.07) is -0.632. The van der Waals surface area contributed by atoms with E-state index in [0.29, 0.717) is 6.42 Å². The van der Waals surface area contributed by atoms with Gasteiger partial charge in [-0.25, -0.2) is 9.59 Å². The maximum Gasteiger partial charge on any atom is 0.410 e. The summed E-state index contributed by atoms with van der Waals surface area (Å²) >= 11 is 0. The van der Waals surface area contributed by atoms with Crippen molar-refractivity contribution in [2.24, 2.45) is 0 Å². The fourth-order valence-corrected chi connectivity index (χ4v) is 1.36. The molecule has 0 radical (unpaired) electrons. The summed E-state index contributed by atoms with van der Waals surface area (Å²) in [6.45, 7) is 3.41. The number of allylic oxidation sites excluding steroid dienone is 1. The maximum absolute atomic E-state index is 11.1. The molecule has 0 aromatic carbocycles. The minimum atomic E-state index is -1.11. The number of unbranched alkanes of at least 4 members (excludes halogenated alkanes) is 1. The molecule has 1 rings (SSSR count). The van der Waals surface area contributed by atoms with Gasteiger partial charge in [0, 0.05) is 0 Å². The van der Waals surface area contributed by atoms with Gasteiger partial charge in [0.25, 0.3) is 0 Å². The molecule has 1 heterocycles. The maximum atomic E-state index is 11.1. The van der Waals surface area contributed by atoms with E-state index in [0.717, 1.165) is 17.7 Å².